The smallest absolute Gasteiger partial charge is 0.324 e. The zero-order valence-corrected chi connectivity index (χ0v) is 16.0. The van der Waals surface area contributed by atoms with E-state index in [1.165, 1.54) is 10.5 Å². The molecule has 0 spiro atoms. The Morgan fingerprint density at radius 2 is 1.96 bits per heavy atom. The number of nitrogens with zero attached hydrogens (tertiary/aromatic N) is 3. The number of aliphatic imine (C=N–C) groups is 1. The van der Waals surface area contributed by atoms with E-state index < -0.39 is 0 Å². The van der Waals surface area contributed by atoms with E-state index in [9.17, 15) is 9.59 Å². The topological polar surface area (TPSA) is 77.0 Å². The summed E-state index contributed by atoms with van der Waals surface area (Å²) >= 11 is 0. The number of piperidine rings is 1. The fourth-order valence-electron chi connectivity index (χ4n) is 3.66. The van der Waals surface area contributed by atoms with Gasteiger partial charge in [0.25, 0.3) is 0 Å². The second-order valence-electron chi connectivity index (χ2n) is 7.06. The van der Waals surface area contributed by atoms with Crippen LogP contribution in [0, 0.1) is 5.92 Å². The van der Waals surface area contributed by atoms with Crippen LogP contribution >= 0.6 is 0 Å². The van der Waals surface area contributed by atoms with Crippen LogP contribution < -0.4 is 10.6 Å². The lowest BCUT2D eigenvalue weighted by Gasteiger charge is -2.34. The van der Waals surface area contributed by atoms with Crippen LogP contribution in [-0.4, -0.2) is 67.0 Å². The summed E-state index contributed by atoms with van der Waals surface area (Å²) in [7, 11) is 0. The fraction of sp³-hybridized carbons (Fsp3) is 0.550. The maximum atomic E-state index is 11.6. The number of guanidine groups is 1. The number of carbonyl (C=O) groups excluding carboxylic acids is 2. The predicted octanol–water partition coefficient (Wildman–Crippen LogP) is 1.46. The summed E-state index contributed by atoms with van der Waals surface area (Å²) in [5.74, 6) is 1.40. The normalized spacial score (nSPS) is 18.8. The predicted molar refractivity (Wildman–Crippen MR) is 106 cm³/mol. The summed E-state index contributed by atoms with van der Waals surface area (Å²) in [6, 6.07) is 10.4. The zero-order valence-electron chi connectivity index (χ0n) is 16.0. The lowest BCUT2D eigenvalue weighted by Crippen LogP contribution is -2.46. The second-order valence-corrected chi connectivity index (χ2v) is 7.06. The van der Waals surface area contributed by atoms with E-state index >= 15 is 0 Å². The van der Waals surface area contributed by atoms with Gasteiger partial charge in [-0.2, -0.15) is 0 Å². The van der Waals surface area contributed by atoms with Gasteiger partial charge in [-0.15, -0.1) is 0 Å². The van der Waals surface area contributed by atoms with Crippen LogP contribution in [0.3, 0.4) is 0 Å². The summed E-state index contributed by atoms with van der Waals surface area (Å²) in [6.45, 7) is 5.65. The standard InChI is InChI=1S/C20H29N5O2/c1-2-21-19(22-10-13-25-18(26)15-23-20(25)27)24-11-8-17(9-12-24)14-16-6-4-3-5-7-16/h3-7,17H,2,8-15H2,1H3,(H,21,22)(H,23,27). The third kappa shape index (κ3) is 5.21. The average Bonchev–Trinajstić information content (AvgIpc) is 3.01. The molecule has 1 aromatic carbocycles. The highest BCUT2D eigenvalue weighted by molar-refractivity contribution is 6.01. The van der Waals surface area contributed by atoms with Crippen LogP contribution in [-0.2, 0) is 11.2 Å². The number of urea groups is 1. The molecule has 2 fully saturated rings. The third-order valence-electron chi connectivity index (χ3n) is 5.14. The Balaban J connectivity index is 1.50. The van der Waals surface area contributed by atoms with Crippen molar-refractivity contribution in [2.75, 3.05) is 39.3 Å². The minimum absolute atomic E-state index is 0.0948. The van der Waals surface area contributed by atoms with Gasteiger partial charge >= 0.3 is 6.03 Å². The van der Waals surface area contributed by atoms with Crippen molar-refractivity contribution in [1.29, 1.82) is 0 Å². The minimum Gasteiger partial charge on any atom is -0.357 e. The molecule has 7 nitrogen and oxygen atoms in total. The molecule has 0 aliphatic carbocycles. The van der Waals surface area contributed by atoms with Gasteiger partial charge in [-0.1, -0.05) is 30.3 Å². The van der Waals surface area contributed by atoms with E-state index in [0.717, 1.165) is 44.9 Å². The Labute approximate surface area is 160 Å². The van der Waals surface area contributed by atoms with Crippen molar-refractivity contribution in [2.45, 2.75) is 26.2 Å². The SMILES string of the molecule is CCNC(=NCCN1C(=O)CNC1=O)N1CCC(Cc2ccccc2)CC1. The lowest BCUT2D eigenvalue weighted by molar-refractivity contribution is -0.124. The van der Waals surface area contributed by atoms with Crippen molar-refractivity contribution in [2.24, 2.45) is 10.9 Å². The number of benzene rings is 1. The van der Waals surface area contributed by atoms with E-state index in [2.05, 4.69) is 57.8 Å². The van der Waals surface area contributed by atoms with Gasteiger partial charge in [-0.3, -0.25) is 14.7 Å². The first kappa shape index (κ1) is 19.2. The molecule has 2 aliphatic heterocycles. The molecule has 0 aromatic heterocycles. The van der Waals surface area contributed by atoms with E-state index in [4.69, 9.17) is 0 Å². The Bertz CT molecular complexity index is 652. The van der Waals surface area contributed by atoms with Crippen LogP contribution in [0.2, 0.25) is 0 Å². The van der Waals surface area contributed by atoms with Crippen molar-refractivity contribution in [3.8, 4) is 0 Å². The molecule has 146 valence electrons. The van der Waals surface area contributed by atoms with Crippen molar-refractivity contribution < 1.29 is 9.59 Å². The number of hydrogen-bond donors (Lipinski definition) is 2. The molecular formula is C20H29N5O2. The molecule has 0 bridgehead atoms. The third-order valence-corrected chi connectivity index (χ3v) is 5.14. The summed E-state index contributed by atoms with van der Waals surface area (Å²) in [6.07, 6.45) is 3.42. The van der Waals surface area contributed by atoms with E-state index in [1.54, 1.807) is 0 Å². The molecular weight excluding hydrogens is 342 g/mol. The molecule has 3 rings (SSSR count). The Hall–Kier alpha value is -2.57. The summed E-state index contributed by atoms with van der Waals surface area (Å²) in [4.78, 5) is 31.4. The molecule has 2 aliphatic rings. The summed E-state index contributed by atoms with van der Waals surface area (Å²) in [5, 5.41) is 5.87. The monoisotopic (exact) mass is 371 g/mol. The second kappa shape index (κ2) is 9.39. The van der Waals surface area contributed by atoms with Crippen LogP contribution in [0.1, 0.15) is 25.3 Å². The van der Waals surface area contributed by atoms with Crippen LogP contribution in [0.25, 0.3) is 0 Å². The van der Waals surface area contributed by atoms with Crippen molar-refractivity contribution in [1.82, 2.24) is 20.4 Å². The fourth-order valence-corrected chi connectivity index (χ4v) is 3.66. The molecule has 2 heterocycles. The lowest BCUT2D eigenvalue weighted by atomic mass is 9.90. The number of carbonyl (C=O) groups is 2. The van der Waals surface area contributed by atoms with E-state index in [-0.39, 0.29) is 18.5 Å². The number of hydrogen-bond acceptors (Lipinski definition) is 3. The van der Waals surface area contributed by atoms with Gasteiger partial charge in [-0.25, -0.2) is 4.79 Å². The quantitative estimate of drug-likeness (QED) is 0.451. The Kier molecular flexibility index (Phi) is 6.68. The molecule has 0 radical (unpaired) electrons. The van der Waals surface area contributed by atoms with Gasteiger partial charge in [-0.05, 0) is 37.7 Å². The molecule has 27 heavy (non-hydrogen) atoms. The van der Waals surface area contributed by atoms with Gasteiger partial charge in [0.15, 0.2) is 5.96 Å². The number of rotatable bonds is 6. The van der Waals surface area contributed by atoms with Gasteiger partial charge in [0, 0.05) is 19.6 Å². The van der Waals surface area contributed by atoms with Gasteiger partial charge in [0.2, 0.25) is 5.91 Å². The average molecular weight is 371 g/mol. The summed E-state index contributed by atoms with van der Waals surface area (Å²) < 4.78 is 0. The largest absolute Gasteiger partial charge is 0.357 e. The molecule has 2 N–H and O–H groups in total. The van der Waals surface area contributed by atoms with Crippen LogP contribution in [0.15, 0.2) is 35.3 Å². The van der Waals surface area contributed by atoms with Gasteiger partial charge < -0.3 is 15.5 Å². The first-order chi connectivity index (χ1) is 13.2. The number of imide groups is 1. The highest BCUT2D eigenvalue weighted by atomic mass is 16.2. The summed E-state index contributed by atoms with van der Waals surface area (Å²) in [5.41, 5.74) is 1.41. The maximum absolute atomic E-state index is 11.6. The Morgan fingerprint density at radius 1 is 1.22 bits per heavy atom. The van der Waals surface area contributed by atoms with E-state index in [0.29, 0.717) is 19.0 Å². The van der Waals surface area contributed by atoms with Crippen LogP contribution in [0.5, 0.6) is 0 Å². The first-order valence-electron chi connectivity index (χ1n) is 9.82. The highest BCUT2D eigenvalue weighted by Gasteiger charge is 2.28. The van der Waals surface area contributed by atoms with Crippen molar-refractivity contribution in [3.63, 3.8) is 0 Å². The van der Waals surface area contributed by atoms with Gasteiger partial charge in [0.05, 0.1) is 19.6 Å². The van der Waals surface area contributed by atoms with E-state index in [1.807, 2.05) is 0 Å². The maximum Gasteiger partial charge on any atom is 0.324 e. The molecule has 1 aromatic rings. The number of nitrogens with one attached hydrogen (secondary N) is 2. The first-order valence-corrected chi connectivity index (χ1v) is 9.82. The molecule has 2 saturated heterocycles. The minimum atomic E-state index is -0.318. The number of amides is 3. The molecule has 0 unspecified atom stereocenters. The molecule has 0 saturated carbocycles. The molecule has 0 atom stereocenters. The van der Waals surface area contributed by atoms with Crippen molar-refractivity contribution >= 4 is 17.9 Å². The zero-order chi connectivity index (χ0) is 19.1. The van der Waals surface area contributed by atoms with Crippen LogP contribution in [0.4, 0.5) is 4.79 Å². The Morgan fingerprint density at radius 3 is 2.59 bits per heavy atom. The van der Waals surface area contributed by atoms with Gasteiger partial charge in [0.1, 0.15) is 0 Å². The van der Waals surface area contributed by atoms with Crippen molar-refractivity contribution in [3.05, 3.63) is 35.9 Å². The highest BCUT2D eigenvalue weighted by Crippen LogP contribution is 2.21. The molecule has 3 amide bonds. The number of likely N-dealkylation sites (tertiary alicyclic amines) is 1. The molecule has 7 heteroatoms.